The van der Waals surface area contributed by atoms with E-state index in [9.17, 15) is 9.35 Å². The standard InChI is InChI=1S/C16H20ClN3O2S2/c1-5-20(12(21)9-16(2,3)24(4)22)15-13(17)19-14(23-15)11-7-6-8-18-10-11/h6-8,10H,5,9H2,1-4H3. The third-order valence-corrected chi connectivity index (χ3v) is 6.90. The summed E-state index contributed by atoms with van der Waals surface area (Å²) in [5, 5.41) is 1.62. The zero-order valence-electron chi connectivity index (χ0n) is 14.1. The Bertz CT molecular complexity index is 705. The minimum Gasteiger partial charge on any atom is -0.616 e. The molecule has 2 rings (SSSR count). The summed E-state index contributed by atoms with van der Waals surface area (Å²) in [6, 6.07) is 3.72. The number of carbonyl (C=O) groups is 1. The van der Waals surface area contributed by atoms with Gasteiger partial charge in [-0.1, -0.05) is 34.1 Å². The van der Waals surface area contributed by atoms with Gasteiger partial charge in [0.1, 0.15) is 14.8 Å². The SMILES string of the molecule is CCN(C(=O)CC(C)(C)[S+](C)[O-])c1sc(-c2cccnc2)nc1Cl. The Kier molecular flexibility index (Phi) is 6.25. The number of hydrogen-bond acceptors (Lipinski definition) is 5. The maximum Gasteiger partial charge on any atom is 0.232 e. The number of rotatable bonds is 6. The molecule has 2 heterocycles. The number of amides is 1. The average molecular weight is 386 g/mol. The predicted molar refractivity (Wildman–Crippen MR) is 101 cm³/mol. The molecule has 5 nitrogen and oxygen atoms in total. The quantitative estimate of drug-likeness (QED) is 0.710. The number of thiazole rings is 1. The lowest BCUT2D eigenvalue weighted by atomic mass is 10.1. The molecular weight excluding hydrogens is 366 g/mol. The first-order valence-corrected chi connectivity index (χ1v) is 10.2. The Balaban J connectivity index is 2.28. The second-order valence-corrected chi connectivity index (χ2v) is 9.23. The summed E-state index contributed by atoms with van der Waals surface area (Å²) in [6.45, 7) is 6.00. The first-order valence-electron chi connectivity index (χ1n) is 7.47. The third-order valence-electron chi connectivity index (χ3n) is 3.70. The highest BCUT2D eigenvalue weighted by Crippen LogP contribution is 2.38. The molecule has 0 aliphatic heterocycles. The number of anilines is 1. The Hall–Kier alpha value is -1.15. The van der Waals surface area contributed by atoms with Gasteiger partial charge in [0.25, 0.3) is 0 Å². The van der Waals surface area contributed by atoms with Gasteiger partial charge in [-0.25, -0.2) is 4.98 Å². The van der Waals surface area contributed by atoms with Crippen molar-refractivity contribution in [3.05, 3.63) is 29.7 Å². The molecule has 0 spiro atoms. The molecule has 0 fully saturated rings. The van der Waals surface area contributed by atoms with Crippen molar-refractivity contribution in [1.29, 1.82) is 0 Å². The van der Waals surface area contributed by atoms with Crippen LogP contribution in [0.15, 0.2) is 24.5 Å². The topological polar surface area (TPSA) is 69.2 Å². The van der Waals surface area contributed by atoms with E-state index in [2.05, 4.69) is 9.97 Å². The number of halogens is 1. The molecule has 0 bridgehead atoms. The van der Waals surface area contributed by atoms with Crippen molar-refractivity contribution < 1.29 is 9.35 Å². The van der Waals surface area contributed by atoms with Crippen LogP contribution in [0.5, 0.6) is 0 Å². The van der Waals surface area contributed by atoms with E-state index in [4.69, 9.17) is 11.6 Å². The van der Waals surface area contributed by atoms with Crippen LogP contribution in [0.3, 0.4) is 0 Å². The highest BCUT2D eigenvalue weighted by atomic mass is 35.5. The largest absolute Gasteiger partial charge is 0.616 e. The molecule has 0 N–H and O–H groups in total. The fourth-order valence-corrected chi connectivity index (χ4v) is 3.78. The van der Waals surface area contributed by atoms with E-state index in [1.165, 1.54) is 11.3 Å². The molecular formula is C16H20ClN3O2S2. The van der Waals surface area contributed by atoms with Gasteiger partial charge in [-0.15, -0.1) is 0 Å². The van der Waals surface area contributed by atoms with Gasteiger partial charge in [-0.2, -0.15) is 0 Å². The van der Waals surface area contributed by atoms with Gasteiger partial charge in [0.15, 0.2) is 5.15 Å². The van der Waals surface area contributed by atoms with Crippen LogP contribution in [0, 0.1) is 0 Å². The molecule has 2 aromatic rings. The fourth-order valence-electron chi connectivity index (χ4n) is 2.07. The summed E-state index contributed by atoms with van der Waals surface area (Å²) in [5.41, 5.74) is 0.856. The van der Waals surface area contributed by atoms with Crippen molar-refractivity contribution in [3.8, 4) is 10.6 Å². The van der Waals surface area contributed by atoms with Crippen LogP contribution in [0.25, 0.3) is 10.6 Å². The Morgan fingerprint density at radius 1 is 1.50 bits per heavy atom. The summed E-state index contributed by atoms with van der Waals surface area (Å²) < 4.78 is 11.2. The average Bonchev–Trinajstić information content (AvgIpc) is 2.90. The number of carbonyl (C=O) groups excluding carboxylic acids is 1. The molecule has 1 unspecified atom stereocenters. The lowest BCUT2D eigenvalue weighted by molar-refractivity contribution is -0.119. The van der Waals surface area contributed by atoms with E-state index < -0.39 is 15.9 Å². The summed E-state index contributed by atoms with van der Waals surface area (Å²) in [4.78, 5) is 22.7. The van der Waals surface area contributed by atoms with Crippen LogP contribution in [-0.2, 0) is 16.0 Å². The van der Waals surface area contributed by atoms with Crippen LogP contribution >= 0.6 is 22.9 Å². The summed E-state index contributed by atoms with van der Waals surface area (Å²) in [6.07, 6.45) is 5.19. The van der Waals surface area contributed by atoms with Crippen LogP contribution in [0.1, 0.15) is 27.2 Å². The van der Waals surface area contributed by atoms with Crippen molar-refractivity contribution in [3.63, 3.8) is 0 Å². The van der Waals surface area contributed by atoms with Crippen LogP contribution in [0.2, 0.25) is 5.15 Å². The van der Waals surface area contributed by atoms with Crippen LogP contribution < -0.4 is 4.90 Å². The van der Waals surface area contributed by atoms with E-state index in [-0.39, 0.29) is 12.3 Å². The molecule has 1 atom stereocenters. The molecule has 0 radical (unpaired) electrons. The fraction of sp³-hybridized carbons (Fsp3) is 0.438. The second kappa shape index (κ2) is 7.82. The van der Waals surface area contributed by atoms with E-state index in [0.29, 0.717) is 21.7 Å². The first kappa shape index (κ1) is 19.2. The van der Waals surface area contributed by atoms with Gasteiger partial charge in [0.2, 0.25) is 5.91 Å². The molecule has 1 amide bonds. The molecule has 8 heteroatoms. The normalized spacial score (nSPS) is 12.9. The monoisotopic (exact) mass is 385 g/mol. The summed E-state index contributed by atoms with van der Waals surface area (Å²) in [7, 11) is 0. The molecule has 0 saturated heterocycles. The molecule has 0 aliphatic carbocycles. The number of nitrogens with zero attached hydrogens (tertiary/aromatic N) is 3. The highest BCUT2D eigenvalue weighted by Gasteiger charge is 2.34. The Morgan fingerprint density at radius 2 is 2.21 bits per heavy atom. The van der Waals surface area contributed by atoms with E-state index in [1.807, 2.05) is 32.9 Å². The first-order chi connectivity index (χ1) is 11.3. The molecule has 0 aromatic carbocycles. The van der Waals surface area contributed by atoms with Gasteiger partial charge in [0.05, 0.1) is 12.7 Å². The number of aromatic nitrogens is 2. The van der Waals surface area contributed by atoms with Crippen LogP contribution in [-0.4, -0.2) is 38.0 Å². The second-order valence-electron chi connectivity index (χ2n) is 5.89. The van der Waals surface area contributed by atoms with Crippen molar-refractivity contribution in [2.45, 2.75) is 31.9 Å². The van der Waals surface area contributed by atoms with Crippen molar-refractivity contribution >= 4 is 45.0 Å². The third kappa shape index (κ3) is 4.27. The van der Waals surface area contributed by atoms with Gasteiger partial charge in [-0.3, -0.25) is 9.78 Å². The maximum absolute atomic E-state index is 12.7. The van der Waals surface area contributed by atoms with Gasteiger partial charge >= 0.3 is 0 Å². The van der Waals surface area contributed by atoms with Crippen molar-refractivity contribution in [2.75, 3.05) is 17.7 Å². The van der Waals surface area contributed by atoms with Gasteiger partial charge in [0, 0.05) is 24.5 Å². The van der Waals surface area contributed by atoms with Gasteiger partial charge in [-0.05, 0) is 32.9 Å². The molecule has 130 valence electrons. The Morgan fingerprint density at radius 3 is 2.75 bits per heavy atom. The van der Waals surface area contributed by atoms with E-state index >= 15 is 0 Å². The van der Waals surface area contributed by atoms with Crippen molar-refractivity contribution in [1.82, 2.24) is 9.97 Å². The molecule has 24 heavy (non-hydrogen) atoms. The van der Waals surface area contributed by atoms with E-state index in [0.717, 1.165) is 5.56 Å². The lowest BCUT2D eigenvalue weighted by Gasteiger charge is -2.28. The maximum atomic E-state index is 12.7. The molecule has 0 saturated carbocycles. The molecule has 2 aromatic heterocycles. The smallest absolute Gasteiger partial charge is 0.232 e. The molecule has 0 aliphatic rings. The summed E-state index contributed by atoms with van der Waals surface area (Å²) in [5.74, 6) is -0.110. The predicted octanol–water partition coefficient (Wildman–Crippen LogP) is 3.76. The number of hydrogen-bond donors (Lipinski definition) is 0. The van der Waals surface area contributed by atoms with E-state index in [1.54, 1.807) is 23.5 Å². The minimum absolute atomic E-state index is 0.110. The van der Waals surface area contributed by atoms with Crippen LogP contribution in [0.4, 0.5) is 5.00 Å². The lowest BCUT2D eigenvalue weighted by Crippen LogP contribution is -2.40. The van der Waals surface area contributed by atoms with Gasteiger partial charge < -0.3 is 9.45 Å². The zero-order valence-corrected chi connectivity index (χ0v) is 16.5. The zero-order chi connectivity index (χ0) is 17.9. The minimum atomic E-state index is -1.10. The van der Waals surface area contributed by atoms with Crippen molar-refractivity contribution in [2.24, 2.45) is 0 Å². The Labute approximate surface area is 154 Å². The number of pyridine rings is 1. The summed E-state index contributed by atoms with van der Waals surface area (Å²) >= 11 is 6.52. The highest BCUT2D eigenvalue weighted by molar-refractivity contribution is 7.92.